The van der Waals surface area contributed by atoms with Crippen molar-refractivity contribution in [3.63, 3.8) is 0 Å². The Kier molecular flexibility index (Phi) is 3.10. The molecule has 0 aliphatic heterocycles. The second kappa shape index (κ2) is 4.32. The van der Waals surface area contributed by atoms with Gasteiger partial charge in [-0.1, -0.05) is 18.7 Å². The first-order chi connectivity index (χ1) is 6.33. The van der Waals surface area contributed by atoms with Gasteiger partial charge >= 0.3 is 0 Å². The van der Waals surface area contributed by atoms with E-state index in [9.17, 15) is 0 Å². The van der Waals surface area contributed by atoms with E-state index in [2.05, 4.69) is 17.6 Å². The number of rotatable bonds is 3. The second-order valence-corrected chi connectivity index (χ2v) is 2.68. The molecule has 1 heterocycles. The van der Waals surface area contributed by atoms with Crippen molar-refractivity contribution in [3.05, 3.63) is 35.7 Å². The maximum absolute atomic E-state index is 8.58. The summed E-state index contributed by atoms with van der Waals surface area (Å²) in [4.78, 5) is 3.07. The fraction of sp³-hybridized carbons (Fsp3) is 0.182. The minimum absolute atomic E-state index is 0.435. The van der Waals surface area contributed by atoms with Crippen LogP contribution in [0.25, 0.3) is 12.2 Å². The number of allylic oxidation sites excluding steroid dienone is 1. The predicted octanol–water partition coefficient (Wildman–Crippen LogP) is 2.76. The van der Waals surface area contributed by atoms with Crippen LogP contribution in [0.2, 0.25) is 0 Å². The molecule has 0 saturated heterocycles. The maximum atomic E-state index is 8.58. The average Bonchev–Trinajstić information content (AvgIpc) is 2.50. The van der Waals surface area contributed by atoms with Crippen molar-refractivity contribution in [3.8, 4) is 6.07 Å². The molecule has 0 amide bonds. The molecule has 0 aliphatic rings. The van der Waals surface area contributed by atoms with Gasteiger partial charge in [0.05, 0.1) is 12.5 Å². The largest absolute Gasteiger partial charge is 0.361 e. The molecule has 0 saturated carbocycles. The molecule has 0 unspecified atom stereocenters. The zero-order chi connectivity index (χ0) is 9.68. The third kappa shape index (κ3) is 1.88. The van der Waals surface area contributed by atoms with Gasteiger partial charge in [-0.25, -0.2) is 0 Å². The van der Waals surface area contributed by atoms with Crippen LogP contribution < -0.4 is 0 Å². The first kappa shape index (κ1) is 9.34. The number of aromatic amines is 1. The van der Waals surface area contributed by atoms with Crippen LogP contribution >= 0.6 is 0 Å². The molecule has 1 N–H and O–H groups in total. The van der Waals surface area contributed by atoms with Crippen LogP contribution in [-0.4, -0.2) is 4.98 Å². The van der Waals surface area contributed by atoms with Crippen molar-refractivity contribution in [1.29, 1.82) is 5.26 Å². The van der Waals surface area contributed by atoms with Crippen molar-refractivity contribution < 1.29 is 0 Å². The second-order valence-electron chi connectivity index (χ2n) is 2.68. The lowest BCUT2D eigenvalue weighted by molar-refractivity contribution is 1.26. The molecule has 1 rings (SSSR count). The van der Waals surface area contributed by atoms with Gasteiger partial charge in [0.25, 0.3) is 0 Å². The van der Waals surface area contributed by atoms with Crippen molar-refractivity contribution in [2.24, 2.45) is 0 Å². The predicted molar refractivity (Wildman–Crippen MR) is 54.9 cm³/mol. The van der Waals surface area contributed by atoms with E-state index in [0.717, 1.165) is 16.8 Å². The van der Waals surface area contributed by atoms with Gasteiger partial charge in [-0.15, -0.1) is 0 Å². The summed E-state index contributed by atoms with van der Waals surface area (Å²) in [7, 11) is 0. The van der Waals surface area contributed by atoms with Gasteiger partial charge in [0, 0.05) is 17.5 Å². The molecule has 2 nitrogen and oxygen atoms in total. The number of nitriles is 1. The Balaban J connectivity index is 3.14. The summed E-state index contributed by atoms with van der Waals surface area (Å²) in [5.41, 5.74) is 3.07. The number of aromatic nitrogens is 1. The summed E-state index contributed by atoms with van der Waals surface area (Å²) in [6.07, 6.45) is 7.99. The van der Waals surface area contributed by atoms with Crippen LogP contribution in [0.3, 0.4) is 0 Å². The Labute approximate surface area is 78.2 Å². The van der Waals surface area contributed by atoms with E-state index >= 15 is 0 Å². The van der Waals surface area contributed by atoms with E-state index in [1.54, 1.807) is 6.08 Å². The van der Waals surface area contributed by atoms with E-state index in [0.29, 0.717) is 6.42 Å². The van der Waals surface area contributed by atoms with Crippen molar-refractivity contribution in [1.82, 2.24) is 4.98 Å². The van der Waals surface area contributed by atoms with Crippen molar-refractivity contribution in [2.45, 2.75) is 13.3 Å². The highest BCUT2D eigenvalue weighted by Gasteiger charge is 2.04. The molecule has 66 valence electrons. The number of hydrogen-bond donors (Lipinski definition) is 1. The van der Waals surface area contributed by atoms with Gasteiger partial charge in [-0.05, 0) is 18.6 Å². The van der Waals surface area contributed by atoms with E-state index < -0.39 is 0 Å². The monoisotopic (exact) mass is 172 g/mol. The van der Waals surface area contributed by atoms with Gasteiger partial charge in [0.1, 0.15) is 0 Å². The van der Waals surface area contributed by atoms with E-state index in [1.165, 1.54) is 0 Å². The van der Waals surface area contributed by atoms with E-state index in [-0.39, 0.29) is 0 Å². The Hall–Kier alpha value is -1.75. The summed E-state index contributed by atoms with van der Waals surface area (Å²) in [5, 5.41) is 8.58. The highest BCUT2D eigenvalue weighted by atomic mass is 14.7. The average molecular weight is 172 g/mol. The summed E-state index contributed by atoms with van der Waals surface area (Å²) in [6.45, 7) is 5.65. The lowest BCUT2D eigenvalue weighted by Crippen LogP contribution is -1.82. The summed E-state index contributed by atoms with van der Waals surface area (Å²) in [6, 6.07) is 2.13. The molecule has 1 aromatic rings. The summed E-state index contributed by atoms with van der Waals surface area (Å²) in [5.74, 6) is 0. The smallest absolute Gasteiger partial charge is 0.0670 e. The molecule has 0 spiro atoms. The standard InChI is InChI=1S/C11H12N2/c1-3-5-10-9(6-7-12)8-13-11(10)4-2/h3-5,8,13H,2,6H2,1H3/b5-3-. The molecule has 0 bridgehead atoms. The van der Waals surface area contributed by atoms with Crippen molar-refractivity contribution >= 4 is 12.2 Å². The molecule has 13 heavy (non-hydrogen) atoms. The van der Waals surface area contributed by atoms with Crippen LogP contribution in [0.4, 0.5) is 0 Å². The quantitative estimate of drug-likeness (QED) is 0.748. The third-order valence-corrected chi connectivity index (χ3v) is 1.84. The first-order valence-corrected chi connectivity index (χ1v) is 4.15. The number of H-pyrrole nitrogens is 1. The molecule has 0 radical (unpaired) electrons. The minimum atomic E-state index is 0.435. The number of hydrogen-bond acceptors (Lipinski definition) is 1. The third-order valence-electron chi connectivity index (χ3n) is 1.84. The first-order valence-electron chi connectivity index (χ1n) is 4.15. The van der Waals surface area contributed by atoms with Crippen LogP contribution in [-0.2, 0) is 6.42 Å². The highest BCUT2D eigenvalue weighted by Crippen LogP contribution is 2.17. The lowest BCUT2D eigenvalue weighted by atomic mass is 10.1. The molecule has 0 atom stereocenters. The summed E-state index contributed by atoms with van der Waals surface area (Å²) < 4.78 is 0. The molecular formula is C11H12N2. The lowest BCUT2D eigenvalue weighted by Gasteiger charge is -1.94. The fourth-order valence-corrected chi connectivity index (χ4v) is 1.26. The number of nitrogens with zero attached hydrogens (tertiary/aromatic N) is 1. The Morgan fingerprint density at radius 1 is 1.69 bits per heavy atom. The minimum Gasteiger partial charge on any atom is -0.361 e. The van der Waals surface area contributed by atoms with Gasteiger partial charge in [-0.3, -0.25) is 0 Å². The number of nitrogens with one attached hydrogen (secondary N) is 1. The molecular weight excluding hydrogens is 160 g/mol. The van der Waals surface area contributed by atoms with Gasteiger partial charge < -0.3 is 4.98 Å². The van der Waals surface area contributed by atoms with Gasteiger partial charge in [-0.2, -0.15) is 5.26 Å². The van der Waals surface area contributed by atoms with Gasteiger partial charge in [0.15, 0.2) is 0 Å². The van der Waals surface area contributed by atoms with Crippen LogP contribution in [0.1, 0.15) is 23.7 Å². The zero-order valence-electron chi connectivity index (χ0n) is 7.67. The Morgan fingerprint density at radius 3 is 3.00 bits per heavy atom. The van der Waals surface area contributed by atoms with E-state index in [4.69, 9.17) is 5.26 Å². The fourth-order valence-electron chi connectivity index (χ4n) is 1.26. The van der Waals surface area contributed by atoms with Gasteiger partial charge in [0.2, 0.25) is 0 Å². The van der Waals surface area contributed by atoms with Crippen LogP contribution in [0.15, 0.2) is 18.9 Å². The highest BCUT2D eigenvalue weighted by molar-refractivity contribution is 5.65. The van der Waals surface area contributed by atoms with E-state index in [1.807, 2.05) is 25.3 Å². The maximum Gasteiger partial charge on any atom is 0.0670 e. The molecule has 2 heteroatoms. The van der Waals surface area contributed by atoms with Crippen molar-refractivity contribution in [2.75, 3.05) is 0 Å². The SMILES string of the molecule is C=Cc1[nH]cc(CC#N)c1/C=C\C. The normalized spacial score (nSPS) is 10.2. The molecule has 0 fully saturated rings. The zero-order valence-corrected chi connectivity index (χ0v) is 7.67. The molecule has 0 aliphatic carbocycles. The Bertz CT molecular complexity index is 364. The summed E-state index contributed by atoms with van der Waals surface area (Å²) >= 11 is 0. The topological polar surface area (TPSA) is 39.6 Å². The van der Waals surface area contributed by atoms with Crippen LogP contribution in [0, 0.1) is 11.3 Å². The molecule has 1 aromatic heterocycles. The van der Waals surface area contributed by atoms with Crippen LogP contribution in [0.5, 0.6) is 0 Å². The molecule has 0 aromatic carbocycles. The Morgan fingerprint density at radius 2 is 2.46 bits per heavy atom.